The van der Waals surface area contributed by atoms with Crippen LogP contribution in [0, 0.1) is 0 Å². The number of nitrogens with two attached hydrogens (primary N) is 1. The molecule has 2 aromatic heterocycles. The molecule has 2 N–H and O–H groups in total. The van der Waals surface area contributed by atoms with Crippen molar-refractivity contribution in [3.63, 3.8) is 0 Å². The van der Waals surface area contributed by atoms with Crippen molar-refractivity contribution in [3.8, 4) is 5.69 Å². The Kier molecular flexibility index (Phi) is 4.72. The monoisotopic (exact) mass is 286 g/mol. The van der Waals surface area contributed by atoms with E-state index in [4.69, 9.17) is 10.2 Å². The second-order valence-electron chi connectivity index (χ2n) is 3.50. The molecule has 5 nitrogen and oxygen atoms in total. The molecule has 0 spiro atoms. The molecule has 1 aromatic carbocycles. The molecule has 0 aliphatic carbocycles. The highest BCUT2D eigenvalue weighted by molar-refractivity contribution is 5.85. The molecular formula is C11H12Cl2N4O. The van der Waals surface area contributed by atoms with Crippen LogP contribution in [0.15, 0.2) is 41.3 Å². The molecule has 0 unspecified atom stereocenters. The molecule has 0 atom stereocenters. The van der Waals surface area contributed by atoms with Gasteiger partial charge in [0.05, 0.1) is 24.3 Å². The minimum atomic E-state index is 0. The van der Waals surface area contributed by atoms with E-state index >= 15 is 0 Å². The van der Waals surface area contributed by atoms with Crippen LogP contribution >= 0.6 is 24.8 Å². The van der Waals surface area contributed by atoms with Crippen LogP contribution in [0.2, 0.25) is 0 Å². The molecule has 0 aliphatic heterocycles. The largest absolute Gasteiger partial charge is 0.464 e. The average Bonchev–Trinajstić information content (AvgIpc) is 2.97. The third-order valence-corrected chi connectivity index (χ3v) is 2.52. The number of nitrogens with zero attached hydrogens (tertiary/aromatic N) is 3. The second kappa shape index (κ2) is 5.86. The van der Waals surface area contributed by atoms with Crippen LogP contribution in [0.4, 0.5) is 0 Å². The second-order valence-corrected chi connectivity index (χ2v) is 3.50. The molecule has 0 saturated carbocycles. The summed E-state index contributed by atoms with van der Waals surface area (Å²) in [5.74, 6) is 0. The van der Waals surface area contributed by atoms with Gasteiger partial charge in [0.25, 0.3) is 0 Å². The maximum Gasteiger partial charge on any atom is 0.138 e. The first-order chi connectivity index (χ1) is 7.88. The minimum absolute atomic E-state index is 0. The molecular weight excluding hydrogens is 275 g/mol. The Hall–Kier alpha value is -1.56. The Labute approximate surface area is 116 Å². The Balaban J connectivity index is 0.000000810. The zero-order valence-corrected chi connectivity index (χ0v) is 10.9. The fraction of sp³-hybridized carbons (Fsp3) is 0.0909. The number of rotatable bonds is 2. The van der Waals surface area contributed by atoms with Gasteiger partial charge in [-0.25, -0.2) is 4.68 Å². The summed E-state index contributed by atoms with van der Waals surface area (Å²) in [6, 6.07) is 5.86. The highest BCUT2D eigenvalue weighted by Crippen LogP contribution is 2.23. The maximum absolute atomic E-state index is 5.69. The van der Waals surface area contributed by atoms with Crippen LogP contribution in [0.5, 0.6) is 0 Å². The number of hydrogen-bond acceptors (Lipinski definition) is 4. The molecule has 3 rings (SSSR count). The smallest absolute Gasteiger partial charge is 0.138 e. The fourth-order valence-electron chi connectivity index (χ4n) is 1.77. The van der Waals surface area contributed by atoms with Gasteiger partial charge in [0.2, 0.25) is 0 Å². The Morgan fingerprint density at radius 2 is 2.11 bits per heavy atom. The van der Waals surface area contributed by atoms with E-state index in [2.05, 4.69) is 10.3 Å². The van der Waals surface area contributed by atoms with Gasteiger partial charge in [-0.15, -0.1) is 29.9 Å². The molecule has 0 amide bonds. The van der Waals surface area contributed by atoms with Crippen molar-refractivity contribution in [1.29, 1.82) is 0 Å². The molecule has 18 heavy (non-hydrogen) atoms. The van der Waals surface area contributed by atoms with Crippen LogP contribution in [0.1, 0.15) is 5.56 Å². The lowest BCUT2D eigenvalue weighted by atomic mass is 10.1. The molecule has 3 aromatic rings. The Morgan fingerprint density at radius 3 is 2.78 bits per heavy atom. The van der Waals surface area contributed by atoms with Gasteiger partial charge in [0.1, 0.15) is 5.58 Å². The van der Waals surface area contributed by atoms with Crippen molar-refractivity contribution < 1.29 is 4.42 Å². The lowest BCUT2D eigenvalue weighted by Gasteiger charge is -2.04. The van der Waals surface area contributed by atoms with Crippen molar-refractivity contribution in [1.82, 2.24) is 15.0 Å². The number of hydrogen-bond donors (Lipinski definition) is 1. The van der Waals surface area contributed by atoms with E-state index in [0.29, 0.717) is 6.54 Å². The minimum Gasteiger partial charge on any atom is -0.464 e. The van der Waals surface area contributed by atoms with E-state index in [9.17, 15) is 0 Å². The highest BCUT2D eigenvalue weighted by Gasteiger charge is 2.07. The van der Waals surface area contributed by atoms with Crippen LogP contribution in [-0.4, -0.2) is 15.0 Å². The van der Waals surface area contributed by atoms with E-state index in [1.54, 1.807) is 23.3 Å². The van der Waals surface area contributed by atoms with Gasteiger partial charge in [0, 0.05) is 17.5 Å². The average molecular weight is 287 g/mol. The zero-order valence-electron chi connectivity index (χ0n) is 9.31. The first-order valence-corrected chi connectivity index (χ1v) is 4.95. The summed E-state index contributed by atoms with van der Waals surface area (Å²) in [5, 5.41) is 8.75. The zero-order chi connectivity index (χ0) is 11.0. The summed E-state index contributed by atoms with van der Waals surface area (Å²) in [5.41, 5.74) is 8.43. The van der Waals surface area contributed by atoms with Gasteiger partial charge in [-0.05, 0) is 18.2 Å². The lowest BCUT2D eigenvalue weighted by molar-refractivity contribution is 0.611. The molecule has 2 heterocycles. The number of furan rings is 1. The van der Waals surface area contributed by atoms with Gasteiger partial charge >= 0.3 is 0 Å². The summed E-state index contributed by atoms with van der Waals surface area (Å²) < 4.78 is 7.09. The van der Waals surface area contributed by atoms with E-state index in [0.717, 1.165) is 22.2 Å². The lowest BCUT2D eigenvalue weighted by Crippen LogP contribution is -2.00. The molecule has 7 heteroatoms. The SMILES string of the molecule is Cl.Cl.NCc1cc(-n2ccnn2)cc2ccoc12. The molecule has 0 aliphatic rings. The number of halogens is 2. The topological polar surface area (TPSA) is 69.9 Å². The molecule has 0 bridgehead atoms. The molecule has 0 fully saturated rings. The highest BCUT2D eigenvalue weighted by atomic mass is 35.5. The van der Waals surface area contributed by atoms with Crippen molar-refractivity contribution in [2.24, 2.45) is 5.73 Å². The van der Waals surface area contributed by atoms with Crippen LogP contribution in [0.25, 0.3) is 16.7 Å². The first-order valence-electron chi connectivity index (χ1n) is 4.95. The van der Waals surface area contributed by atoms with Crippen LogP contribution in [0.3, 0.4) is 0 Å². The summed E-state index contributed by atoms with van der Waals surface area (Å²) in [6.45, 7) is 0.437. The standard InChI is InChI=1S/C11H10N4O.2ClH/c12-7-9-6-10(15-3-2-13-14-15)5-8-1-4-16-11(8)9;;/h1-6H,7,12H2;2*1H. The van der Waals surface area contributed by atoms with Gasteiger partial charge in [-0.2, -0.15) is 0 Å². The van der Waals surface area contributed by atoms with Crippen molar-refractivity contribution in [3.05, 3.63) is 42.4 Å². The first kappa shape index (κ1) is 14.5. The van der Waals surface area contributed by atoms with E-state index in [1.165, 1.54) is 0 Å². The summed E-state index contributed by atoms with van der Waals surface area (Å²) in [6.07, 6.45) is 5.10. The number of aromatic nitrogens is 3. The molecule has 0 saturated heterocycles. The molecule has 96 valence electrons. The van der Waals surface area contributed by atoms with Gasteiger partial charge in [0.15, 0.2) is 0 Å². The molecule has 0 radical (unpaired) electrons. The summed E-state index contributed by atoms with van der Waals surface area (Å²) >= 11 is 0. The van der Waals surface area contributed by atoms with Crippen molar-refractivity contribution >= 4 is 35.8 Å². The summed E-state index contributed by atoms with van der Waals surface area (Å²) in [7, 11) is 0. The number of fused-ring (bicyclic) bond motifs is 1. The Bertz CT molecular complexity index is 621. The van der Waals surface area contributed by atoms with Gasteiger partial charge < -0.3 is 10.2 Å². The third-order valence-electron chi connectivity index (χ3n) is 2.52. The Morgan fingerprint density at radius 1 is 1.28 bits per heavy atom. The predicted molar refractivity (Wildman–Crippen MR) is 73.5 cm³/mol. The van der Waals surface area contributed by atoms with Crippen LogP contribution in [-0.2, 0) is 6.54 Å². The van der Waals surface area contributed by atoms with Crippen molar-refractivity contribution in [2.75, 3.05) is 0 Å². The van der Waals surface area contributed by atoms with E-state index in [-0.39, 0.29) is 24.8 Å². The van der Waals surface area contributed by atoms with E-state index in [1.807, 2.05) is 18.2 Å². The maximum atomic E-state index is 5.69. The quantitative estimate of drug-likeness (QED) is 0.785. The summed E-state index contributed by atoms with van der Waals surface area (Å²) in [4.78, 5) is 0. The predicted octanol–water partition coefficient (Wildman–Crippen LogP) is 2.32. The third kappa shape index (κ3) is 2.33. The number of benzene rings is 1. The normalized spacial score (nSPS) is 9.83. The van der Waals surface area contributed by atoms with Gasteiger partial charge in [-0.3, -0.25) is 0 Å². The van der Waals surface area contributed by atoms with Gasteiger partial charge in [-0.1, -0.05) is 5.21 Å². The van der Waals surface area contributed by atoms with Crippen LogP contribution < -0.4 is 5.73 Å². The van der Waals surface area contributed by atoms with Crippen molar-refractivity contribution in [2.45, 2.75) is 6.54 Å². The fourth-order valence-corrected chi connectivity index (χ4v) is 1.77. The van der Waals surface area contributed by atoms with E-state index < -0.39 is 0 Å².